The van der Waals surface area contributed by atoms with Crippen molar-refractivity contribution < 1.29 is 4.79 Å². The van der Waals surface area contributed by atoms with Crippen molar-refractivity contribution in [1.29, 1.82) is 0 Å². The predicted octanol–water partition coefficient (Wildman–Crippen LogP) is 3.70. The molecule has 0 aliphatic carbocycles. The number of carbonyl (C=O) groups is 1. The van der Waals surface area contributed by atoms with Gasteiger partial charge in [-0.3, -0.25) is 19.7 Å². The summed E-state index contributed by atoms with van der Waals surface area (Å²) < 4.78 is 0. The maximum Gasteiger partial charge on any atom is 0.264 e. The molecule has 26 heavy (non-hydrogen) atoms. The van der Waals surface area contributed by atoms with Crippen molar-refractivity contribution in [2.24, 2.45) is 0 Å². The number of carbonyl (C=O) groups excluding carboxylic acids is 1. The third-order valence-corrected chi connectivity index (χ3v) is 6.56. The van der Waals surface area contributed by atoms with Crippen LogP contribution in [0.1, 0.15) is 45.5 Å². The number of thiophene rings is 1. The second kappa shape index (κ2) is 9.48. The minimum atomic E-state index is 0.0545. The van der Waals surface area contributed by atoms with Gasteiger partial charge in [0.25, 0.3) is 5.91 Å². The van der Waals surface area contributed by atoms with E-state index in [1.807, 2.05) is 24.9 Å². The van der Waals surface area contributed by atoms with Gasteiger partial charge in [-0.2, -0.15) is 11.8 Å². The molecule has 5 nitrogen and oxygen atoms in total. The lowest BCUT2D eigenvalue weighted by Crippen LogP contribution is -2.26. The molecule has 0 bridgehead atoms. The van der Waals surface area contributed by atoms with E-state index in [1.165, 1.54) is 36.4 Å². The van der Waals surface area contributed by atoms with Gasteiger partial charge in [-0.1, -0.05) is 0 Å². The topological polar surface area (TPSA) is 49.3 Å². The molecular formula is C19H26N4OS2. The zero-order chi connectivity index (χ0) is 18.4. The van der Waals surface area contributed by atoms with E-state index in [-0.39, 0.29) is 5.91 Å². The summed E-state index contributed by atoms with van der Waals surface area (Å²) in [6, 6.07) is 4.60. The molecule has 1 amide bonds. The van der Waals surface area contributed by atoms with E-state index in [2.05, 4.69) is 27.2 Å². The van der Waals surface area contributed by atoms with Crippen molar-refractivity contribution in [3.05, 3.63) is 46.2 Å². The van der Waals surface area contributed by atoms with Crippen molar-refractivity contribution in [3.63, 3.8) is 0 Å². The highest BCUT2D eigenvalue weighted by atomic mass is 32.2. The monoisotopic (exact) mass is 390 g/mol. The largest absolute Gasteiger partial charge is 0.335 e. The summed E-state index contributed by atoms with van der Waals surface area (Å²) in [5.41, 5.74) is 0.802. The van der Waals surface area contributed by atoms with Crippen LogP contribution in [0.2, 0.25) is 0 Å². The van der Waals surface area contributed by atoms with Crippen LogP contribution in [0.3, 0.4) is 0 Å². The average Bonchev–Trinajstić information content (AvgIpc) is 3.31. The first-order valence-corrected chi connectivity index (χ1v) is 11.2. The lowest BCUT2D eigenvalue weighted by atomic mass is 10.2. The van der Waals surface area contributed by atoms with Crippen LogP contribution >= 0.6 is 23.1 Å². The van der Waals surface area contributed by atoms with E-state index < -0.39 is 0 Å². The minimum absolute atomic E-state index is 0.0545. The summed E-state index contributed by atoms with van der Waals surface area (Å²) >= 11 is 3.56. The van der Waals surface area contributed by atoms with Crippen LogP contribution in [0.4, 0.5) is 0 Å². The van der Waals surface area contributed by atoms with Gasteiger partial charge in [-0.15, -0.1) is 11.3 Å². The van der Waals surface area contributed by atoms with Crippen LogP contribution in [0.25, 0.3) is 0 Å². The van der Waals surface area contributed by atoms with Crippen LogP contribution in [-0.2, 0) is 6.54 Å². The lowest BCUT2D eigenvalue weighted by Gasteiger charge is -2.23. The van der Waals surface area contributed by atoms with E-state index in [4.69, 9.17) is 0 Å². The first kappa shape index (κ1) is 19.3. The number of hydrogen-bond donors (Lipinski definition) is 0. The highest BCUT2D eigenvalue weighted by Gasteiger charge is 2.27. The number of rotatable bonds is 8. The SMILES string of the molecule is CSCCCN1CCCC1c1ccc(C(=O)N(C)Cc2cnccn2)s1. The molecule has 0 aromatic carbocycles. The van der Waals surface area contributed by atoms with Gasteiger partial charge in [0.1, 0.15) is 0 Å². The maximum atomic E-state index is 12.7. The van der Waals surface area contributed by atoms with Crippen molar-refractivity contribution in [1.82, 2.24) is 19.8 Å². The third-order valence-electron chi connectivity index (χ3n) is 4.69. The molecule has 1 atom stereocenters. The van der Waals surface area contributed by atoms with Crippen molar-refractivity contribution >= 4 is 29.0 Å². The van der Waals surface area contributed by atoms with Gasteiger partial charge in [-0.05, 0) is 56.5 Å². The molecule has 0 spiro atoms. The number of nitrogens with zero attached hydrogens (tertiary/aromatic N) is 4. The fraction of sp³-hybridized carbons (Fsp3) is 0.526. The standard InChI is InChI=1S/C19H26N4OS2/c1-22(14-15-13-20-8-9-21-15)19(24)18-7-6-17(26-18)16-5-3-10-23(16)11-4-12-25-2/h6-9,13,16H,3-5,10-12,14H2,1-2H3. The predicted molar refractivity (Wildman–Crippen MR) is 109 cm³/mol. The Hall–Kier alpha value is -1.44. The molecule has 0 saturated carbocycles. The molecule has 3 rings (SSSR count). The van der Waals surface area contributed by atoms with Gasteiger partial charge in [0.05, 0.1) is 23.3 Å². The third kappa shape index (κ3) is 4.84. The number of amides is 1. The first-order valence-electron chi connectivity index (χ1n) is 9.02. The maximum absolute atomic E-state index is 12.7. The summed E-state index contributed by atoms with van der Waals surface area (Å²) in [6.07, 6.45) is 10.8. The smallest absolute Gasteiger partial charge is 0.264 e. The average molecular weight is 391 g/mol. The summed E-state index contributed by atoms with van der Waals surface area (Å²) in [5.74, 6) is 1.27. The van der Waals surface area contributed by atoms with E-state index in [1.54, 1.807) is 34.8 Å². The molecule has 2 aromatic rings. The highest BCUT2D eigenvalue weighted by Crippen LogP contribution is 2.36. The lowest BCUT2D eigenvalue weighted by molar-refractivity contribution is 0.0788. The summed E-state index contributed by atoms with van der Waals surface area (Å²) in [5, 5.41) is 0. The van der Waals surface area contributed by atoms with Gasteiger partial charge in [0.2, 0.25) is 0 Å². The molecule has 1 aliphatic rings. The Balaban J connectivity index is 1.62. The van der Waals surface area contributed by atoms with E-state index in [0.717, 1.165) is 17.1 Å². The number of likely N-dealkylation sites (tertiary alicyclic amines) is 1. The molecule has 1 unspecified atom stereocenters. The fourth-order valence-corrected chi connectivity index (χ4v) is 4.98. The van der Waals surface area contributed by atoms with E-state index in [9.17, 15) is 4.79 Å². The van der Waals surface area contributed by atoms with Gasteiger partial charge >= 0.3 is 0 Å². The number of aromatic nitrogens is 2. The van der Waals surface area contributed by atoms with Gasteiger partial charge in [0, 0.05) is 30.4 Å². The Labute approximate surface area is 163 Å². The molecule has 1 fully saturated rings. The quantitative estimate of drug-likeness (QED) is 0.643. The van der Waals surface area contributed by atoms with Crippen molar-refractivity contribution in [2.45, 2.75) is 31.8 Å². The molecule has 2 aromatic heterocycles. The molecule has 3 heterocycles. The molecule has 0 N–H and O–H groups in total. The second-order valence-electron chi connectivity index (χ2n) is 6.60. The second-order valence-corrected chi connectivity index (χ2v) is 8.70. The van der Waals surface area contributed by atoms with E-state index >= 15 is 0 Å². The zero-order valence-electron chi connectivity index (χ0n) is 15.4. The Morgan fingerprint density at radius 3 is 3.08 bits per heavy atom. The Bertz CT molecular complexity index is 707. The number of hydrogen-bond acceptors (Lipinski definition) is 6. The summed E-state index contributed by atoms with van der Waals surface area (Å²) in [7, 11) is 1.82. The van der Waals surface area contributed by atoms with Crippen LogP contribution in [0.15, 0.2) is 30.7 Å². The van der Waals surface area contributed by atoms with Crippen LogP contribution in [-0.4, -0.2) is 57.8 Å². The first-order chi connectivity index (χ1) is 12.7. The van der Waals surface area contributed by atoms with Crippen LogP contribution < -0.4 is 0 Å². The molecule has 7 heteroatoms. The van der Waals surface area contributed by atoms with E-state index in [0.29, 0.717) is 12.6 Å². The van der Waals surface area contributed by atoms with Gasteiger partial charge in [0.15, 0.2) is 0 Å². The van der Waals surface area contributed by atoms with Gasteiger partial charge in [-0.25, -0.2) is 0 Å². The zero-order valence-corrected chi connectivity index (χ0v) is 17.1. The Morgan fingerprint density at radius 2 is 2.31 bits per heavy atom. The van der Waals surface area contributed by atoms with Crippen LogP contribution in [0, 0.1) is 0 Å². The minimum Gasteiger partial charge on any atom is -0.335 e. The molecule has 0 radical (unpaired) electrons. The van der Waals surface area contributed by atoms with Crippen molar-refractivity contribution in [2.75, 3.05) is 32.1 Å². The normalized spacial score (nSPS) is 17.5. The van der Waals surface area contributed by atoms with Crippen molar-refractivity contribution in [3.8, 4) is 0 Å². The summed E-state index contributed by atoms with van der Waals surface area (Å²) in [4.78, 5) is 27.5. The Morgan fingerprint density at radius 1 is 1.42 bits per heavy atom. The highest BCUT2D eigenvalue weighted by molar-refractivity contribution is 7.98. The number of thioether (sulfide) groups is 1. The molecular weight excluding hydrogens is 364 g/mol. The summed E-state index contributed by atoms with van der Waals surface area (Å²) in [6.45, 7) is 2.80. The molecule has 140 valence electrons. The van der Waals surface area contributed by atoms with Crippen LogP contribution in [0.5, 0.6) is 0 Å². The Kier molecular flexibility index (Phi) is 7.05. The fourth-order valence-electron chi connectivity index (χ4n) is 3.39. The molecule has 1 saturated heterocycles. The van der Waals surface area contributed by atoms with Gasteiger partial charge < -0.3 is 4.90 Å². The molecule has 1 aliphatic heterocycles.